The van der Waals surface area contributed by atoms with Gasteiger partial charge in [-0.3, -0.25) is 9.59 Å². The van der Waals surface area contributed by atoms with Gasteiger partial charge < -0.3 is 14.5 Å². The van der Waals surface area contributed by atoms with E-state index in [1.165, 1.54) is 0 Å². The lowest BCUT2D eigenvalue weighted by Gasteiger charge is -2.30. The van der Waals surface area contributed by atoms with E-state index < -0.39 is 0 Å². The molecule has 0 N–H and O–H groups in total. The van der Waals surface area contributed by atoms with Crippen LogP contribution in [0.1, 0.15) is 16.5 Å². The second-order valence-corrected chi connectivity index (χ2v) is 6.66. The van der Waals surface area contributed by atoms with Crippen molar-refractivity contribution in [1.29, 1.82) is 0 Å². The minimum absolute atomic E-state index is 0.0109. The lowest BCUT2D eigenvalue weighted by atomic mass is 10.1. The van der Waals surface area contributed by atoms with Crippen molar-refractivity contribution in [3.8, 4) is 0 Å². The van der Waals surface area contributed by atoms with Crippen LogP contribution in [0.15, 0.2) is 24.3 Å². The molecule has 0 spiro atoms. The summed E-state index contributed by atoms with van der Waals surface area (Å²) in [5.74, 6) is 0.490. The van der Waals surface area contributed by atoms with Crippen LogP contribution in [0.25, 0.3) is 0 Å². The molecule has 2 aliphatic rings. The highest BCUT2D eigenvalue weighted by atomic mass is 32.2. The molecule has 1 aromatic rings. The summed E-state index contributed by atoms with van der Waals surface area (Å²) in [6.07, 6.45) is 0. The lowest BCUT2D eigenvalue weighted by Crippen LogP contribution is -2.46. The normalized spacial score (nSPS) is 22.2. The number of carbonyl (C=O) groups is 2. The van der Waals surface area contributed by atoms with Gasteiger partial charge in [0.05, 0.1) is 19.0 Å². The summed E-state index contributed by atoms with van der Waals surface area (Å²) in [6, 6.07) is 8.14. The van der Waals surface area contributed by atoms with Crippen LogP contribution in [0, 0.1) is 6.92 Å². The molecule has 5 nitrogen and oxygen atoms in total. The van der Waals surface area contributed by atoms with Gasteiger partial charge in [0.15, 0.2) is 0 Å². The molecule has 0 aromatic heterocycles. The molecule has 2 amide bonds. The second kappa shape index (κ2) is 6.71. The maximum absolute atomic E-state index is 12.4. The van der Waals surface area contributed by atoms with Crippen molar-refractivity contribution >= 4 is 23.6 Å². The fourth-order valence-electron chi connectivity index (χ4n) is 2.78. The molecule has 3 rings (SSSR count). The van der Waals surface area contributed by atoms with Crippen molar-refractivity contribution in [2.75, 3.05) is 38.6 Å². The van der Waals surface area contributed by atoms with E-state index in [0.717, 1.165) is 11.1 Å². The van der Waals surface area contributed by atoms with E-state index in [-0.39, 0.29) is 23.7 Å². The van der Waals surface area contributed by atoms with Crippen LogP contribution in [0.5, 0.6) is 0 Å². The second-order valence-electron chi connectivity index (χ2n) is 5.59. The van der Waals surface area contributed by atoms with Gasteiger partial charge in [0.2, 0.25) is 11.8 Å². The molecule has 0 saturated carbocycles. The van der Waals surface area contributed by atoms with Gasteiger partial charge in [-0.1, -0.05) is 29.8 Å². The molecule has 2 heterocycles. The zero-order valence-electron chi connectivity index (χ0n) is 12.7. The fraction of sp³-hybridized carbons (Fsp3) is 0.500. The first-order valence-electron chi connectivity index (χ1n) is 7.48. The summed E-state index contributed by atoms with van der Waals surface area (Å²) in [6.45, 7) is 4.58. The molecule has 0 bridgehead atoms. The Morgan fingerprint density at radius 3 is 2.86 bits per heavy atom. The van der Waals surface area contributed by atoms with Crippen LogP contribution in [-0.2, 0) is 14.3 Å². The topological polar surface area (TPSA) is 49.9 Å². The van der Waals surface area contributed by atoms with Crippen molar-refractivity contribution < 1.29 is 14.3 Å². The molecule has 0 aliphatic carbocycles. The monoisotopic (exact) mass is 320 g/mol. The molecular formula is C16H20N2O3S. The van der Waals surface area contributed by atoms with Crippen molar-refractivity contribution in [3.63, 3.8) is 0 Å². The molecule has 1 unspecified atom stereocenters. The molecule has 2 aliphatic heterocycles. The van der Waals surface area contributed by atoms with E-state index in [1.807, 2.05) is 25.1 Å². The predicted molar refractivity (Wildman–Crippen MR) is 85.5 cm³/mol. The zero-order chi connectivity index (χ0) is 15.5. The minimum atomic E-state index is -0.0580. The quantitative estimate of drug-likeness (QED) is 0.845. The predicted octanol–water partition coefficient (Wildman–Crippen LogP) is 1.43. The standard InChI is InChI=1S/C16H20N2O3S/c1-12-3-2-4-13(9-12)16-18(15(20)11-22-16)10-14(19)17-5-7-21-8-6-17/h2-4,9,16H,5-8,10-11H2,1H3. The van der Waals surface area contributed by atoms with E-state index >= 15 is 0 Å². The average Bonchev–Trinajstić information content (AvgIpc) is 2.89. The molecule has 2 fully saturated rings. The average molecular weight is 320 g/mol. The maximum Gasteiger partial charge on any atom is 0.242 e. The third-order valence-corrected chi connectivity index (χ3v) is 5.22. The van der Waals surface area contributed by atoms with Gasteiger partial charge in [-0.25, -0.2) is 0 Å². The number of amides is 2. The summed E-state index contributed by atoms with van der Waals surface area (Å²) in [5.41, 5.74) is 2.25. The number of rotatable bonds is 3. The Morgan fingerprint density at radius 1 is 1.36 bits per heavy atom. The molecule has 118 valence electrons. The Kier molecular flexibility index (Phi) is 4.69. The van der Waals surface area contributed by atoms with E-state index in [9.17, 15) is 9.59 Å². The van der Waals surface area contributed by atoms with Gasteiger partial charge >= 0.3 is 0 Å². The van der Waals surface area contributed by atoms with Crippen LogP contribution in [0.4, 0.5) is 0 Å². The van der Waals surface area contributed by atoms with Gasteiger partial charge in [0, 0.05) is 13.1 Å². The molecule has 1 aromatic carbocycles. The smallest absolute Gasteiger partial charge is 0.242 e. The van der Waals surface area contributed by atoms with Crippen molar-refractivity contribution in [1.82, 2.24) is 9.80 Å². The Hall–Kier alpha value is -1.53. The number of ether oxygens (including phenoxy) is 1. The maximum atomic E-state index is 12.4. The largest absolute Gasteiger partial charge is 0.378 e. The van der Waals surface area contributed by atoms with Gasteiger partial charge in [0.25, 0.3) is 0 Å². The highest BCUT2D eigenvalue weighted by Crippen LogP contribution is 2.38. The first-order chi connectivity index (χ1) is 10.6. The van der Waals surface area contributed by atoms with Crippen LogP contribution in [0.2, 0.25) is 0 Å². The molecule has 6 heteroatoms. The Morgan fingerprint density at radius 2 is 2.14 bits per heavy atom. The van der Waals surface area contributed by atoms with Gasteiger partial charge in [0.1, 0.15) is 11.9 Å². The van der Waals surface area contributed by atoms with E-state index in [2.05, 4.69) is 6.07 Å². The summed E-state index contributed by atoms with van der Waals surface area (Å²) >= 11 is 1.59. The Balaban J connectivity index is 1.72. The van der Waals surface area contributed by atoms with Crippen molar-refractivity contribution in [2.45, 2.75) is 12.3 Å². The number of benzene rings is 1. The van der Waals surface area contributed by atoms with Gasteiger partial charge in [-0.05, 0) is 12.5 Å². The number of thioether (sulfide) groups is 1. The van der Waals surface area contributed by atoms with Crippen molar-refractivity contribution in [2.24, 2.45) is 0 Å². The molecule has 1 atom stereocenters. The summed E-state index contributed by atoms with van der Waals surface area (Å²) in [5, 5.41) is -0.0580. The first-order valence-corrected chi connectivity index (χ1v) is 8.53. The summed E-state index contributed by atoms with van der Waals surface area (Å²) < 4.78 is 5.27. The number of carbonyl (C=O) groups excluding carboxylic acids is 2. The SMILES string of the molecule is Cc1cccc(C2SCC(=O)N2CC(=O)N2CCOCC2)c1. The van der Waals surface area contributed by atoms with Gasteiger partial charge in [-0.2, -0.15) is 0 Å². The highest BCUT2D eigenvalue weighted by molar-refractivity contribution is 8.00. The van der Waals surface area contributed by atoms with Crippen LogP contribution >= 0.6 is 11.8 Å². The van der Waals surface area contributed by atoms with Crippen molar-refractivity contribution in [3.05, 3.63) is 35.4 Å². The Bertz CT molecular complexity index is 572. The van der Waals surface area contributed by atoms with E-state index in [1.54, 1.807) is 21.6 Å². The highest BCUT2D eigenvalue weighted by Gasteiger charge is 2.35. The number of hydrogen-bond donors (Lipinski definition) is 0. The molecule has 2 saturated heterocycles. The lowest BCUT2D eigenvalue weighted by molar-refractivity contribution is -0.141. The van der Waals surface area contributed by atoms with E-state index in [4.69, 9.17) is 4.74 Å². The number of aryl methyl sites for hydroxylation is 1. The number of nitrogens with zero attached hydrogens (tertiary/aromatic N) is 2. The van der Waals surface area contributed by atoms with Crippen LogP contribution < -0.4 is 0 Å². The fourth-order valence-corrected chi connectivity index (χ4v) is 3.96. The van der Waals surface area contributed by atoms with Crippen LogP contribution in [-0.4, -0.2) is 60.2 Å². The first kappa shape index (κ1) is 15.4. The molecule has 0 radical (unpaired) electrons. The third kappa shape index (κ3) is 3.28. The van der Waals surface area contributed by atoms with E-state index in [0.29, 0.717) is 32.1 Å². The Labute approximate surface area is 134 Å². The molecule has 22 heavy (non-hydrogen) atoms. The summed E-state index contributed by atoms with van der Waals surface area (Å²) in [4.78, 5) is 28.1. The zero-order valence-corrected chi connectivity index (χ0v) is 13.5. The van der Waals surface area contributed by atoms with Gasteiger partial charge in [-0.15, -0.1) is 11.8 Å². The number of morpholine rings is 1. The number of hydrogen-bond acceptors (Lipinski definition) is 4. The minimum Gasteiger partial charge on any atom is -0.378 e. The van der Waals surface area contributed by atoms with Crippen LogP contribution in [0.3, 0.4) is 0 Å². The molecular weight excluding hydrogens is 300 g/mol. The summed E-state index contributed by atoms with van der Waals surface area (Å²) in [7, 11) is 0. The third-order valence-electron chi connectivity index (χ3n) is 3.96.